The van der Waals surface area contributed by atoms with Gasteiger partial charge in [0.05, 0.1) is 18.5 Å². The lowest BCUT2D eigenvalue weighted by molar-refractivity contribution is -0.123. The average molecular weight is 421 g/mol. The van der Waals surface area contributed by atoms with E-state index in [1.807, 2.05) is 0 Å². The first kappa shape index (κ1) is 22.2. The summed E-state index contributed by atoms with van der Waals surface area (Å²) in [5, 5.41) is 3.01. The zero-order chi connectivity index (χ0) is 22.2. The van der Waals surface area contributed by atoms with Crippen LogP contribution in [0.3, 0.4) is 0 Å². The van der Waals surface area contributed by atoms with Crippen molar-refractivity contribution in [3.05, 3.63) is 27.2 Å². The molecule has 0 saturated carbocycles. The van der Waals surface area contributed by atoms with E-state index in [1.165, 1.54) is 17.9 Å². The number of amides is 1. The number of morpholine rings is 1. The predicted molar refractivity (Wildman–Crippen MR) is 114 cm³/mol. The van der Waals surface area contributed by atoms with E-state index in [1.54, 1.807) is 11.6 Å². The lowest BCUT2D eigenvalue weighted by atomic mass is 10.00. The van der Waals surface area contributed by atoms with E-state index in [0.717, 1.165) is 17.7 Å². The van der Waals surface area contributed by atoms with Crippen LogP contribution >= 0.6 is 0 Å². The Balaban J connectivity index is 1.63. The molecule has 3 rings (SSSR count). The minimum Gasteiger partial charge on any atom is -0.373 e. The first-order valence-electron chi connectivity index (χ1n) is 10.3. The fourth-order valence-corrected chi connectivity index (χ4v) is 3.98. The van der Waals surface area contributed by atoms with Crippen LogP contribution in [0.4, 0.5) is 0 Å². The molecule has 2 aromatic heterocycles. The molecule has 1 fully saturated rings. The number of carbonyl (C=O) groups excluding carboxylic acids is 1. The largest absolute Gasteiger partial charge is 0.373 e. The molecule has 0 aliphatic carbocycles. The van der Waals surface area contributed by atoms with Crippen LogP contribution in [-0.4, -0.2) is 66.9 Å². The number of rotatable bonds is 6. The van der Waals surface area contributed by atoms with Gasteiger partial charge in [0.2, 0.25) is 5.91 Å². The van der Waals surface area contributed by atoms with Gasteiger partial charge in [-0.15, -0.1) is 0 Å². The van der Waals surface area contributed by atoms with Gasteiger partial charge in [-0.25, -0.2) is 9.78 Å². The van der Waals surface area contributed by atoms with E-state index in [9.17, 15) is 14.4 Å². The van der Waals surface area contributed by atoms with Crippen LogP contribution in [-0.2, 0) is 30.2 Å². The maximum atomic E-state index is 12.5. The summed E-state index contributed by atoms with van der Waals surface area (Å²) in [5.41, 5.74) is -0.394. The average Bonchev–Trinajstić information content (AvgIpc) is 3.11. The molecular weight excluding hydrogens is 388 g/mol. The van der Waals surface area contributed by atoms with Crippen molar-refractivity contribution in [1.29, 1.82) is 0 Å². The van der Waals surface area contributed by atoms with E-state index in [4.69, 9.17) is 4.74 Å². The van der Waals surface area contributed by atoms with E-state index >= 15 is 0 Å². The van der Waals surface area contributed by atoms with Gasteiger partial charge in [-0.3, -0.25) is 23.6 Å². The number of aryl methyl sites for hydroxylation is 2. The van der Waals surface area contributed by atoms with Crippen molar-refractivity contribution in [2.24, 2.45) is 14.1 Å². The zero-order valence-electron chi connectivity index (χ0n) is 18.6. The molecule has 0 bridgehead atoms. The van der Waals surface area contributed by atoms with Crippen LogP contribution < -0.4 is 16.6 Å². The molecule has 1 saturated heterocycles. The molecule has 2 atom stereocenters. The molecule has 1 aliphatic rings. The number of nitrogens with one attached hydrogen (secondary N) is 1. The fourth-order valence-electron chi connectivity index (χ4n) is 3.98. The van der Waals surface area contributed by atoms with Crippen molar-refractivity contribution in [3.8, 4) is 0 Å². The second-order valence-corrected chi connectivity index (χ2v) is 8.82. The number of nitrogens with zero attached hydrogens (tertiary/aromatic N) is 5. The lowest BCUT2D eigenvalue weighted by Crippen LogP contribution is -2.58. The molecule has 30 heavy (non-hydrogen) atoms. The fraction of sp³-hybridized carbons (Fsp3) is 0.700. The molecule has 1 amide bonds. The van der Waals surface area contributed by atoms with E-state index in [-0.39, 0.29) is 30.1 Å². The minimum absolute atomic E-state index is 0.0964. The lowest BCUT2D eigenvalue weighted by Gasteiger charge is -2.45. The second kappa shape index (κ2) is 8.35. The first-order valence-corrected chi connectivity index (χ1v) is 10.3. The Morgan fingerprint density at radius 3 is 2.47 bits per heavy atom. The van der Waals surface area contributed by atoms with E-state index < -0.39 is 11.2 Å². The smallest absolute Gasteiger partial charge is 0.332 e. The third kappa shape index (κ3) is 4.34. The molecule has 0 radical (unpaired) electrons. The number of ether oxygens (including phenoxy) is 1. The normalized spacial score (nSPS) is 20.6. The molecule has 3 heterocycles. The highest BCUT2D eigenvalue weighted by Crippen LogP contribution is 2.20. The van der Waals surface area contributed by atoms with Gasteiger partial charge >= 0.3 is 5.69 Å². The van der Waals surface area contributed by atoms with Gasteiger partial charge in [-0.1, -0.05) is 0 Å². The Hall–Kier alpha value is -2.46. The van der Waals surface area contributed by atoms with Crippen molar-refractivity contribution in [3.63, 3.8) is 0 Å². The Kier molecular flexibility index (Phi) is 6.19. The predicted octanol–water partition coefficient (Wildman–Crippen LogP) is -0.172. The molecule has 1 aliphatic heterocycles. The van der Waals surface area contributed by atoms with Crippen LogP contribution in [0.25, 0.3) is 11.2 Å². The highest BCUT2D eigenvalue weighted by atomic mass is 16.5. The van der Waals surface area contributed by atoms with E-state index in [0.29, 0.717) is 24.3 Å². The van der Waals surface area contributed by atoms with Gasteiger partial charge in [0.1, 0.15) is 0 Å². The molecule has 1 N–H and O–H groups in total. The SMILES string of the molecule is C[C@@H]1CN(C(C)(C)CNC(=O)CCn2cnc3c2c(=O)n(C)c(=O)n3C)C[C@@H](C)O1. The van der Waals surface area contributed by atoms with E-state index in [2.05, 4.69) is 42.9 Å². The van der Waals surface area contributed by atoms with Crippen LogP contribution in [0.15, 0.2) is 15.9 Å². The number of fused-ring (bicyclic) bond motifs is 1. The molecule has 10 nitrogen and oxygen atoms in total. The topological polar surface area (TPSA) is 103 Å². The molecular formula is C20H32N6O4. The van der Waals surface area contributed by atoms with Crippen molar-refractivity contribution in [2.75, 3.05) is 19.6 Å². The third-order valence-electron chi connectivity index (χ3n) is 5.79. The summed E-state index contributed by atoms with van der Waals surface area (Å²) in [6.45, 7) is 10.8. The molecule has 0 unspecified atom stereocenters. The number of carbonyl (C=O) groups is 1. The second-order valence-electron chi connectivity index (χ2n) is 8.82. The highest BCUT2D eigenvalue weighted by Gasteiger charge is 2.33. The summed E-state index contributed by atoms with van der Waals surface area (Å²) >= 11 is 0. The maximum absolute atomic E-state index is 12.5. The highest BCUT2D eigenvalue weighted by molar-refractivity contribution is 5.76. The Morgan fingerprint density at radius 1 is 1.20 bits per heavy atom. The van der Waals surface area contributed by atoms with Crippen molar-refractivity contribution in [2.45, 2.75) is 58.4 Å². The molecule has 10 heteroatoms. The van der Waals surface area contributed by atoms with Crippen LogP contribution in [0.2, 0.25) is 0 Å². The van der Waals surface area contributed by atoms with Crippen molar-refractivity contribution >= 4 is 17.1 Å². The minimum atomic E-state index is -0.426. The number of hydrogen-bond acceptors (Lipinski definition) is 6. The van der Waals surface area contributed by atoms with Gasteiger partial charge in [-0.2, -0.15) is 0 Å². The van der Waals surface area contributed by atoms with Crippen LogP contribution in [0.5, 0.6) is 0 Å². The third-order valence-corrected chi connectivity index (χ3v) is 5.79. The zero-order valence-corrected chi connectivity index (χ0v) is 18.6. The van der Waals surface area contributed by atoms with Gasteiger partial charge in [0.15, 0.2) is 11.2 Å². The molecule has 2 aromatic rings. The summed E-state index contributed by atoms with van der Waals surface area (Å²) < 4.78 is 9.81. The summed E-state index contributed by atoms with van der Waals surface area (Å²) in [7, 11) is 3.01. The number of aromatic nitrogens is 4. The number of imidazole rings is 1. The Bertz CT molecular complexity index is 1040. The molecule has 166 valence electrons. The van der Waals surface area contributed by atoms with Gasteiger partial charge < -0.3 is 14.6 Å². The summed E-state index contributed by atoms with van der Waals surface area (Å²) in [5.74, 6) is -0.0964. The number of hydrogen-bond donors (Lipinski definition) is 1. The summed E-state index contributed by atoms with van der Waals surface area (Å²) in [6.07, 6.45) is 2.04. The standard InChI is InChI=1S/C20H32N6O4/c1-13-9-26(10-14(2)30-13)20(3,4)11-21-15(27)7-8-25-12-22-17-16(25)18(28)24(6)19(29)23(17)5/h12-14H,7-11H2,1-6H3,(H,21,27)/t13-,14-/m1/s1. The monoisotopic (exact) mass is 420 g/mol. The molecule has 0 aromatic carbocycles. The van der Waals surface area contributed by atoms with Crippen LogP contribution in [0.1, 0.15) is 34.1 Å². The van der Waals surface area contributed by atoms with Crippen molar-refractivity contribution < 1.29 is 9.53 Å². The van der Waals surface area contributed by atoms with Crippen molar-refractivity contribution in [1.82, 2.24) is 28.9 Å². The van der Waals surface area contributed by atoms with Gasteiger partial charge in [-0.05, 0) is 27.7 Å². The van der Waals surface area contributed by atoms with Crippen LogP contribution in [0, 0.1) is 0 Å². The quantitative estimate of drug-likeness (QED) is 0.696. The Morgan fingerprint density at radius 2 is 1.83 bits per heavy atom. The first-order chi connectivity index (χ1) is 14.0. The maximum Gasteiger partial charge on any atom is 0.332 e. The molecule has 0 spiro atoms. The van der Waals surface area contributed by atoms with Gasteiger partial charge in [0, 0.05) is 52.2 Å². The van der Waals surface area contributed by atoms with Gasteiger partial charge in [0.25, 0.3) is 5.56 Å². The summed E-state index contributed by atoms with van der Waals surface area (Å²) in [6, 6.07) is 0. The Labute approximate surface area is 175 Å². The summed E-state index contributed by atoms with van der Waals surface area (Å²) in [4.78, 5) is 43.5.